The number of alkyl halides is 2. The number of nitrogens with zero attached hydrogens (tertiary/aromatic N) is 4. The van der Waals surface area contributed by atoms with E-state index >= 15 is 0 Å². The standard InChI is InChI=1S/C17H11ClF2N4O/c18-12-3-1-10(2-4-12)7-13-9-24-6-5-11(8-14(24)21-13)16-22-23-17(25-16)15(19)20/h1-6,8-9,15H,7H2. The van der Waals surface area contributed by atoms with Crippen LogP contribution in [0.3, 0.4) is 0 Å². The number of pyridine rings is 1. The number of rotatable bonds is 4. The SMILES string of the molecule is FC(F)c1nnc(-c2ccn3cc(Cc4ccc(Cl)cc4)nc3c2)o1. The third-order valence-electron chi connectivity index (χ3n) is 3.68. The lowest BCUT2D eigenvalue weighted by Gasteiger charge is -1.97. The van der Waals surface area contributed by atoms with Gasteiger partial charge in [-0.15, -0.1) is 10.2 Å². The van der Waals surface area contributed by atoms with Crippen molar-refractivity contribution in [3.8, 4) is 11.5 Å². The van der Waals surface area contributed by atoms with Crippen LogP contribution in [-0.2, 0) is 6.42 Å². The Balaban J connectivity index is 1.63. The molecule has 25 heavy (non-hydrogen) atoms. The predicted molar refractivity (Wildman–Crippen MR) is 87.7 cm³/mol. The number of benzene rings is 1. The lowest BCUT2D eigenvalue weighted by atomic mass is 10.1. The van der Waals surface area contributed by atoms with Crippen molar-refractivity contribution in [3.05, 3.63) is 71.0 Å². The van der Waals surface area contributed by atoms with Gasteiger partial charge in [0.2, 0.25) is 5.89 Å². The molecule has 4 aromatic rings. The molecule has 0 aliphatic carbocycles. The Morgan fingerprint density at radius 2 is 1.92 bits per heavy atom. The number of aromatic nitrogens is 4. The summed E-state index contributed by atoms with van der Waals surface area (Å²) < 4.78 is 31.9. The number of hydrogen-bond acceptors (Lipinski definition) is 4. The predicted octanol–water partition coefficient (Wildman–Crippen LogP) is 4.57. The molecule has 0 radical (unpaired) electrons. The molecule has 0 unspecified atom stereocenters. The van der Waals surface area contributed by atoms with Crippen LogP contribution >= 0.6 is 11.6 Å². The largest absolute Gasteiger partial charge is 0.415 e. The molecule has 0 aliphatic heterocycles. The first kappa shape index (κ1) is 15.7. The zero-order chi connectivity index (χ0) is 17.4. The third-order valence-corrected chi connectivity index (χ3v) is 3.93. The van der Waals surface area contributed by atoms with Crippen LogP contribution < -0.4 is 0 Å². The van der Waals surface area contributed by atoms with E-state index < -0.39 is 12.3 Å². The molecular formula is C17H11ClF2N4O. The van der Waals surface area contributed by atoms with E-state index in [1.807, 2.05) is 34.9 Å². The Morgan fingerprint density at radius 3 is 2.64 bits per heavy atom. The van der Waals surface area contributed by atoms with Crippen LogP contribution in [0.2, 0.25) is 5.02 Å². The molecule has 5 nitrogen and oxygen atoms in total. The number of hydrogen-bond donors (Lipinski definition) is 0. The van der Waals surface area contributed by atoms with E-state index in [1.54, 1.807) is 18.3 Å². The van der Waals surface area contributed by atoms with Gasteiger partial charge in [0.25, 0.3) is 5.89 Å². The quantitative estimate of drug-likeness (QED) is 0.535. The summed E-state index contributed by atoms with van der Waals surface area (Å²) in [5, 5.41) is 7.67. The molecule has 0 N–H and O–H groups in total. The molecule has 0 aliphatic rings. The summed E-state index contributed by atoms with van der Waals surface area (Å²) in [7, 11) is 0. The first-order valence-corrected chi connectivity index (χ1v) is 7.80. The number of imidazole rings is 1. The molecular weight excluding hydrogens is 350 g/mol. The maximum absolute atomic E-state index is 12.6. The molecule has 0 amide bonds. The summed E-state index contributed by atoms with van der Waals surface area (Å²) in [4.78, 5) is 4.55. The highest BCUT2D eigenvalue weighted by molar-refractivity contribution is 6.30. The monoisotopic (exact) mass is 360 g/mol. The first-order chi connectivity index (χ1) is 12.1. The van der Waals surface area contributed by atoms with Gasteiger partial charge in [0.1, 0.15) is 5.65 Å². The highest BCUT2D eigenvalue weighted by Crippen LogP contribution is 2.24. The Hall–Kier alpha value is -2.80. The van der Waals surface area contributed by atoms with Gasteiger partial charge in [-0.3, -0.25) is 0 Å². The smallest absolute Gasteiger partial charge is 0.314 e. The molecule has 4 rings (SSSR count). The van der Waals surface area contributed by atoms with Gasteiger partial charge >= 0.3 is 6.43 Å². The average Bonchev–Trinajstić information content (AvgIpc) is 3.22. The Bertz CT molecular complexity index is 1030. The molecule has 8 heteroatoms. The summed E-state index contributed by atoms with van der Waals surface area (Å²) in [6.07, 6.45) is 1.55. The molecule has 0 bridgehead atoms. The van der Waals surface area contributed by atoms with Crippen LogP contribution in [0.15, 0.2) is 53.2 Å². The topological polar surface area (TPSA) is 56.2 Å². The van der Waals surface area contributed by atoms with Crippen LogP contribution in [0, 0.1) is 0 Å². The van der Waals surface area contributed by atoms with Gasteiger partial charge in [0.15, 0.2) is 0 Å². The Labute approximate surface area is 145 Å². The van der Waals surface area contributed by atoms with Crippen molar-refractivity contribution in [3.63, 3.8) is 0 Å². The zero-order valence-corrected chi connectivity index (χ0v) is 13.5. The van der Waals surface area contributed by atoms with Crippen molar-refractivity contribution >= 4 is 17.2 Å². The van der Waals surface area contributed by atoms with Gasteiger partial charge < -0.3 is 8.82 Å². The third kappa shape index (κ3) is 3.23. The normalized spacial score (nSPS) is 11.5. The summed E-state index contributed by atoms with van der Waals surface area (Å²) in [6, 6.07) is 11.0. The second-order valence-corrected chi connectivity index (χ2v) is 5.90. The fraction of sp³-hybridized carbons (Fsp3) is 0.118. The Morgan fingerprint density at radius 1 is 1.12 bits per heavy atom. The molecule has 0 saturated heterocycles. The van der Waals surface area contributed by atoms with E-state index in [2.05, 4.69) is 15.2 Å². The molecule has 3 aromatic heterocycles. The molecule has 0 atom stereocenters. The van der Waals surface area contributed by atoms with Gasteiger partial charge in [-0.25, -0.2) is 4.98 Å². The minimum absolute atomic E-state index is 0.0417. The van der Waals surface area contributed by atoms with Gasteiger partial charge in [-0.1, -0.05) is 23.7 Å². The van der Waals surface area contributed by atoms with Gasteiger partial charge in [0, 0.05) is 29.4 Å². The van der Waals surface area contributed by atoms with E-state index in [-0.39, 0.29) is 5.89 Å². The highest BCUT2D eigenvalue weighted by Gasteiger charge is 2.17. The minimum atomic E-state index is -2.79. The van der Waals surface area contributed by atoms with Crippen molar-refractivity contribution < 1.29 is 13.2 Å². The first-order valence-electron chi connectivity index (χ1n) is 7.42. The molecule has 0 saturated carbocycles. The van der Waals surface area contributed by atoms with Crippen LogP contribution in [0.1, 0.15) is 23.6 Å². The molecule has 0 spiro atoms. The van der Waals surface area contributed by atoms with E-state index in [9.17, 15) is 8.78 Å². The van der Waals surface area contributed by atoms with E-state index in [4.69, 9.17) is 16.0 Å². The summed E-state index contributed by atoms with van der Waals surface area (Å²) in [5.41, 5.74) is 3.17. The summed E-state index contributed by atoms with van der Waals surface area (Å²) >= 11 is 5.89. The van der Waals surface area contributed by atoms with Crippen molar-refractivity contribution in [1.29, 1.82) is 0 Å². The van der Waals surface area contributed by atoms with Gasteiger partial charge in [-0.05, 0) is 29.8 Å². The molecule has 0 fully saturated rings. The van der Waals surface area contributed by atoms with Crippen LogP contribution in [0.25, 0.3) is 17.1 Å². The maximum Gasteiger partial charge on any atom is 0.314 e. The summed E-state index contributed by atoms with van der Waals surface area (Å²) in [5.74, 6) is -0.651. The van der Waals surface area contributed by atoms with Crippen LogP contribution in [0.5, 0.6) is 0 Å². The highest BCUT2D eigenvalue weighted by atomic mass is 35.5. The maximum atomic E-state index is 12.6. The van der Waals surface area contributed by atoms with E-state index in [1.165, 1.54) is 0 Å². The van der Waals surface area contributed by atoms with Crippen molar-refractivity contribution in [2.45, 2.75) is 12.8 Å². The summed E-state index contributed by atoms with van der Waals surface area (Å²) in [6.45, 7) is 0. The number of halogens is 3. The minimum Gasteiger partial charge on any atom is -0.415 e. The van der Waals surface area contributed by atoms with E-state index in [0.717, 1.165) is 11.3 Å². The zero-order valence-electron chi connectivity index (χ0n) is 12.7. The fourth-order valence-electron chi connectivity index (χ4n) is 2.50. The average molecular weight is 361 g/mol. The van der Waals surface area contributed by atoms with Crippen molar-refractivity contribution in [2.24, 2.45) is 0 Å². The van der Waals surface area contributed by atoms with Crippen LogP contribution in [0.4, 0.5) is 8.78 Å². The molecule has 1 aromatic carbocycles. The fourth-order valence-corrected chi connectivity index (χ4v) is 2.63. The van der Waals surface area contributed by atoms with Gasteiger partial charge in [-0.2, -0.15) is 8.78 Å². The van der Waals surface area contributed by atoms with Crippen molar-refractivity contribution in [1.82, 2.24) is 19.6 Å². The molecule has 126 valence electrons. The van der Waals surface area contributed by atoms with Gasteiger partial charge in [0.05, 0.1) is 5.69 Å². The Kier molecular flexibility index (Phi) is 3.93. The second kappa shape index (κ2) is 6.25. The van der Waals surface area contributed by atoms with E-state index in [0.29, 0.717) is 22.7 Å². The van der Waals surface area contributed by atoms with Crippen molar-refractivity contribution in [2.75, 3.05) is 0 Å². The lowest BCUT2D eigenvalue weighted by Crippen LogP contribution is -1.87. The second-order valence-electron chi connectivity index (χ2n) is 5.46. The lowest BCUT2D eigenvalue weighted by molar-refractivity contribution is 0.116. The number of fused-ring (bicyclic) bond motifs is 1. The van der Waals surface area contributed by atoms with Crippen LogP contribution in [-0.4, -0.2) is 19.6 Å². The molecule has 3 heterocycles.